The average Bonchev–Trinajstić information content (AvgIpc) is 2.85. The van der Waals surface area contributed by atoms with Crippen LogP contribution in [0, 0.1) is 13.8 Å². The third-order valence-electron chi connectivity index (χ3n) is 3.97. The summed E-state index contributed by atoms with van der Waals surface area (Å²) in [6, 6.07) is 7.15. The lowest BCUT2D eigenvalue weighted by Crippen LogP contribution is -2.23. The van der Waals surface area contributed by atoms with Crippen molar-refractivity contribution in [1.82, 2.24) is 5.32 Å². The van der Waals surface area contributed by atoms with Crippen LogP contribution in [0.15, 0.2) is 18.2 Å². The van der Waals surface area contributed by atoms with E-state index >= 15 is 0 Å². The summed E-state index contributed by atoms with van der Waals surface area (Å²) in [7, 11) is 0. The van der Waals surface area contributed by atoms with Crippen molar-refractivity contribution >= 4 is 0 Å². The topological polar surface area (TPSA) is 21.3 Å². The van der Waals surface area contributed by atoms with Gasteiger partial charge in [-0.1, -0.05) is 18.2 Å². The summed E-state index contributed by atoms with van der Waals surface area (Å²) < 4.78 is 5.64. The Balaban J connectivity index is 1.79. The van der Waals surface area contributed by atoms with Crippen molar-refractivity contribution in [3.63, 3.8) is 0 Å². The van der Waals surface area contributed by atoms with Gasteiger partial charge in [0.25, 0.3) is 0 Å². The normalized spacial score (nSPS) is 21.2. The van der Waals surface area contributed by atoms with Crippen LogP contribution in [-0.4, -0.2) is 19.3 Å². The van der Waals surface area contributed by atoms with Crippen LogP contribution in [-0.2, 0) is 4.74 Å². The van der Waals surface area contributed by atoms with Crippen molar-refractivity contribution < 1.29 is 4.74 Å². The third-order valence-corrected chi connectivity index (χ3v) is 3.97. The Kier molecular flexibility index (Phi) is 4.79. The molecule has 2 nitrogen and oxygen atoms in total. The summed E-state index contributed by atoms with van der Waals surface area (Å²) in [6.07, 6.45) is 4.09. The minimum atomic E-state index is 0.422. The van der Waals surface area contributed by atoms with Crippen molar-refractivity contribution in [2.45, 2.75) is 52.2 Å². The van der Waals surface area contributed by atoms with E-state index in [9.17, 15) is 0 Å². The van der Waals surface area contributed by atoms with Crippen molar-refractivity contribution in [2.24, 2.45) is 0 Å². The molecule has 1 heterocycles. The number of hydrogen-bond acceptors (Lipinski definition) is 2. The number of ether oxygens (including phenoxy) is 1. The number of benzene rings is 1. The molecule has 18 heavy (non-hydrogen) atoms. The molecule has 100 valence electrons. The monoisotopic (exact) mass is 247 g/mol. The standard InChI is InChI=1S/C16H25NO/c1-12-6-7-15(11-13(12)2)14(3)17-9-8-16-5-4-10-18-16/h6-7,11,14,16-17H,4-5,8-10H2,1-3H3. The van der Waals surface area contributed by atoms with Crippen LogP contribution in [0.4, 0.5) is 0 Å². The zero-order chi connectivity index (χ0) is 13.0. The second-order valence-corrected chi connectivity index (χ2v) is 5.44. The lowest BCUT2D eigenvalue weighted by molar-refractivity contribution is 0.103. The minimum absolute atomic E-state index is 0.422. The Morgan fingerprint density at radius 3 is 2.83 bits per heavy atom. The van der Waals surface area contributed by atoms with Gasteiger partial charge in [-0.15, -0.1) is 0 Å². The van der Waals surface area contributed by atoms with E-state index in [0.29, 0.717) is 12.1 Å². The van der Waals surface area contributed by atoms with Crippen LogP contribution >= 0.6 is 0 Å². The third kappa shape index (κ3) is 3.56. The highest BCUT2D eigenvalue weighted by atomic mass is 16.5. The van der Waals surface area contributed by atoms with Gasteiger partial charge in [-0.05, 0) is 63.3 Å². The molecule has 1 aliphatic heterocycles. The summed E-state index contributed by atoms with van der Waals surface area (Å²) in [5, 5.41) is 3.59. The molecule has 0 amide bonds. The largest absolute Gasteiger partial charge is 0.378 e. The SMILES string of the molecule is Cc1ccc(C(C)NCCC2CCCO2)cc1C. The molecule has 0 saturated carbocycles. The number of hydrogen-bond donors (Lipinski definition) is 1. The zero-order valence-corrected chi connectivity index (χ0v) is 11.8. The van der Waals surface area contributed by atoms with Gasteiger partial charge in [-0.2, -0.15) is 0 Å². The maximum atomic E-state index is 5.64. The molecule has 1 N–H and O–H groups in total. The second kappa shape index (κ2) is 6.35. The van der Waals surface area contributed by atoms with Gasteiger partial charge in [0.05, 0.1) is 6.10 Å². The van der Waals surface area contributed by atoms with E-state index in [-0.39, 0.29) is 0 Å². The first-order chi connectivity index (χ1) is 8.66. The number of nitrogens with one attached hydrogen (secondary N) is 1. The summed E-state index contributed by atoms with van der Waals surface area (Å²) in [5.74, 6) is 0. The molecule has 2 rings (SSSR count). The molecule has 0 aromatic heterocycles. The molecule has 0 aliphatic carbocycles. The molecule has 1 aliphatic rings. The molecular weight excluding hydrogens is 222 g/mol. The highest BCUT2D eigenvalue weighted by Gasteiger charge is 2.15. The Labute approximate surface area is 111 Å². The van der Waals surface area contributed by atoms with Crippen molar-refractivity contribution in [1.29, 1.82) is 0 Å². The van der Waals surface area contributed by atoms with Crippen LogP contribution in [0.2, 0.25) is 0 Å². The first kappa shape index (κ1) is 13.6. The van der Waals surface area contributed by atoms with Gasteiger partial charge < -0.3 is 10.1 Å². The van der Waals surface area contributed by atoms with Crippen LogP contribution in [0.3, 0.4) is 0 Å². The molecule has 1 aromatic carbocycles. The van der Waals surface area contributed by atoms with Gasteiger partial charge in [0.2, 0.25) is 0 Å². The van der Waals surface area contributed by atoms with Gasteiger partial charge in [0.1, 0.15) is 0 Å². The fraction of sp³-hybridized carbons (Fsp3) is 0.625. The summed E-state index contributed by atoms with van der Waals surface area (Å²) in [6.45, 7) is 8.57. The van der Waals surface area contributed by atoms with Crippen LogP contribution < -0.4 is 5.32 Å². The molecule has 2 atom stereocenters. The average molecular weight is 247 g/mol. The molecule has 0 radical (unpaired) electrons. The molecule has 1 aromatic rings. The van der Waals surface area contributed by atoms with E-state index in [2.05, 4.69) is 44.3 Å². The Hall–Kier alpha value is -0.860. The molecular formula is C16H25NO. The van der Waals surface area contributed by atoms with Gasteiger partial charge in [0.15, 0.2) is 0 Å². The zero-order valence-electron chi connectivity index (χ0n) is 11.8. The smallest absolute Gasteiger partial charge is 0.0588 e. The number of aryl methyl sites for hydroxylation is 2. The molecule has 0 bridgehead atoms. The molecule has 2 heteroatoms. The summed E-state index contributed by atoms with van der Waals surface area (Å²) >= 11 is 0. The van der Waals surface area contributed by atoms with Gasteiger partial charge in [0, 0.05) is 12.6 Å². The highest BCUT2D eigenvalue weighted by Crippen LogP contribution is 2.18. The molecule has 1 saturated heterocycles. The van der Waals surface area contributed by atoms with Crippen LogP contribution in [0.5, 0.6) is 0 Å². The number of rotatable bonds is 5. The molecule has 1 fully saturated rings. The minimum Gasteiger partial charge on any atom is -0.378 e. The van der Waals surface area contributed by atoms with Gasteiger partial charge in [-0.25, -0.2) is 0 Å². The van der Waals surface area contributed by atoms with Crippen molar-refractivity contribution in [3.8, 4) is 0 Å². The first-order valence-corrected chi connectivity index (χ1v) is 7.09. The van der Waals surface area contributed by atoms with Crippen LogP contribution in [0.25, 0.3) is 0 Å². The first-order valence-electron chi connectivity index (χ1n) is 7.09. The van der Waals surface area contributed by atoms with Gasteiger partial charge in [-0.3, -0.25) is 0 Å². The lowest BCUT2D eigenvalue weighted by Gasteiger charge is -2.17. The quantitative estimate of drug-likeness (QED) is 0.859. The lowest BCUT2D eigenvalue weighted by atomic mass is 10.0. The molecule has 0 spiro atoms. The van der Waals surface area contributed by atoms with Gasteiger partial charge >= 0.3 is 0 Å². The Morgan fingerprint density at radius 2 is 2.17 bits per heavy atom. The fourth-order valence-corrected chi connectivity index (χ4v) is 2.48. The highest BCUT2D eigenvalue weighted by molar-refractivity contribution is 5.31. The second-order valence-electron chi connectivity index (χ2n) is 5.44. The Morgan fingerprint density at radius 1 is 1.33 bits per heavy atom. The van der Waals surface area contributed by atoms with E-state index in [1.165, 1.54) is 29.5 Å². The van der Waals surface area contributed by atoms with E-state index in [1.807, 2.05) is 0 Å². The summed E-state index contributed by atoms with van der Waals surface area (Å²) in [5.41, 5.74) is 4.12. The summed E-state index contributed by atoms with van der Waals surface area (Å²) in [4.78, 5) is 0. The maximum absolute atomic E-state index is 5.64. The van der Waals surface area contributed by atoms with E-state index < -0.39 is 0 Å². The van der Waals surface area contributed by atoms with E-state index in [0.717, 1.165) is 19.6 Å². The predicted octanol–water partition coefficient (Wildman–Crippen LogP) is 3.52. The molecule has 2 unspecified atom stereocenters. The maximum Gasteiger partial charge on any atom is 0.0588 e. The fourth-order valence-electron chi connectivity index (χ4n) is 2.48. The Bertz CT molecular complexity index is 383. The van der Waals surface area contributed by atoms with E-state index in [1.54, 1.807) is 0 Å². The van der Waals surface area contributed by atoms with Crippen molar-refractivity contribution in [3.05, 3.63) is 34.9 Å². The predicted molar refractivity (Wildman–Crippen MR) is 75.9 cm³/mol. The van der Waals surface area contributed by atoms with E-state index in [4.69, 9.17) is 4.74 Å². The van der Waals surface area contributed by atoms with Crippen LogP contribution in [0.1, 0.15) is 48.9 Å². The van der Waals surface area contributed by atoms with Crippen molar-refractivity contribution in [2.75, 3.05) is 13.2 Å².